The predicted molar refractivity (Wildman–Crippen MR) is 92.6 cm³/mol. The van der Waals surface area contributed by atoms with Gasteiger partial charge in [0.25, 0.3) is 0 Å². The molecule has 0 saturated carbocycles. The zero-order valence-corrected chi connectivity index (χ0v) is 14.6. The molecule has 1 saturated heterocycles. The van der Waals surface area contributed by atoms with Crippen molar-refractivity contribution in [1.29, 1.82) is 0 Å². The van der Waals surface area contributed by atoms with Crippen molar-refractivity contribution in [3.05, 3.63) is 28.8 Å². The minimum absolute atomic E-state index is 0.279. The van der Waals surface area contributed by atoms with Gasteiger partial charge in [-0.05, 0) is 24.7 Å². The second-order valence-electron chi connectivity index (χ2n) is 4.83. The first-order valence-corrected chi connectivity index (χ1v) is 9.45. The number of ether oxygens (including phenoxy) is 1. The first-order chi connectivity index (χ1) is 9.67. The molecule has 0 spiro atoms. The fraction of sp³-hybridized carbons (Fsp3) is 0.600. The summed E-state index contributed by atoms with van der Waals surface area (Å²) in [5, 5.41) is 5.57. The Bertz CT molecular complexity index is 444. The van der Waals surface area contributed by atoms with Crippen LogP contribution in [-0.2, 0) is 0 Å². The van der Waals surface area contributed by atoms with Crippen LogP contribution < -0.4 is 10.1 Å². The summed E-state index contributed by atoms with van der Waals surface area (Å²) in [4.78, 5) is 0. The molecule has 5 heteroatoms. The molecule has 20 heavy (non-hydrogen) atoms. The van der Waals surface area contributed by atoms with E-state index in [1.165, 1.54) is 17.1 Å². The highest BCUT2D eigenvalue weighted by Crippen LogP contribution is 2.41. The molecule has 0 radical (unpaired) electrons. The van der Waals surface area contributed by atoms with Gasteiger partial charge in [-0.2, -0.15) is 23.5 Å². The largest absolute Gasteiger partial charge is 0.496 e. The van der Waals surface area contributed by atoms with E-state index in [2.05, 4.69) is 42.7 Å². The second-order valence-corrected chi connectivity index (χ2v) is 8.04. The Morgan fingerprint density at radius 3 is 2.80 bits per heavy atom. The molecule has 1 aliphatic heterocycles. The lowest BCUT2D eigenvalue weighted by Gasteiger charge is -2.35. The quantitative estimate of drug-likeness (QED) is 0.871. The summed E-state index contributed by atoms with van der Waals surface area (Å²) in [5.41, 5.74) is 1.17. The number of methoxy groups -OCH3 is 1. The van der Waals surface area contributed by atoms with Crippen LogP contribution in [-0.4, -0.2) is 35.7 Å². The minimum atomic E-state index is 0.279. The van der Waals surface area contributed by atoms with Crippen LogP contribution in [0.25, 0.3) is 0 Å². The van der Waals surface area contributed by atoms with Gasteiger partial charge in [-0.1, -0.05) is 25.4 Å². The summed E-state index contributed by atoms with van der Waals surface area (Å²) in [6, 6.07) is 6.17. The van der Waals surface area contributed by atoms with Gasteiger partial charge in [0.05, 0.1) is 7.11 Å². The smallest absolute Gasteiger partial charge is 0.123 e. The van der Waals surface area contributed by atoms with Gasteiger partial charge >= 0.3 is 0 Å². The maximum Gasteiger partial charge on any atom is 0.123 e. The molecule has 1 heterocycles. The highest BCUT2D eigenvalue weighted by Gasteiger charge is 2.32. The van der Waals surface area contributed by atoms with Gasteiger partial charge in [-0.15, -0.1) is 0 Å². The van der Waals surface area contributed by atoms with Crippen LogP contribution in [0.5, 0.6) is 5.75 Å². The summed E-state index contributed by atoms with van der Waals surface area (Å²) in [6.07, 6.45) is 0. The first-order valence-electron chi connectivity index (χ1n) is 6.97. The van der Waals surface area contributed by atoms with Gasteiger partial charge in [0.15, 0.2) is 0 Å². The zero-order chi connectivity index (χ0) is 14.5. The lowest BCUT2D eigenvalue weighted by atomic mass is 10.0. The molecule has 1 fully saturated rings. The van der Waals surface area contributed by atoms with Crippen LogP contribution in [0, 0.1) is 0 Å². The van der Waals surface area contributed by atoms with E-state index in [4.69, 9.17) is 16.3 Å². The number of rotatable bonds is 5. The third-order valence-electron chi connectivity index (χ3n) is 3.52. The molecular weight excluding hydrogens is 310 g/mol. The number of halogens is 1. The van der Waals surface area contributed by atoms with Gasteiger partial charge in [0.1, 0.15) is 5.75 Å². The SMILES string of the molecule is CCNC(c1cc(Cl)ccc1OC)C1SCCSC1C. The normalized spacial score (nSPS) is 24.4. The van der Waals surface area contributed by atoms with Crippen LogP contribution in [0.4, 0.5) is 0 Å². The van der Waals surface area contributed by atoms with Crippen molar-refractivity contribution in [3.8, 4) is 5.75 Å². The van der Waals surface area contributed by atoms with Gasteiger partial charge in [0.2, 0.25) is 0 Å². The molecule has 2 nitrogen and oxygen atoms in total. The molecule has 2 rings (SSSR count). The van der Waals surface area contributed by atoms with E-state index in [1.807, 2.05) is 18.2 Å². The van der Waals surface area contributed by atoms with E-state index in [-0.39, 0.29) is 6.04 Å². The van der Waals surface area contributed by atoms with Crippen molar-refractivity contribution in [2.75, 3.05) is 25.2 Å². The Labute approximate surface area is 135 Å². The molecule has 1 aliphatic rings. The van der Waals surface area contributed by atoms with Crippen molar-refractivity contribution in [3.63, 3.8) is 0 Å². The Morgan fingerprint density at radius 1 is 1.40 bits per heavy atom. The molecule has 112 valence electrons. The summed E-state index contributed by atoms with van der Waals surface area (Å²) in [7, 11) is 1.72. The number of benzene rings is 1. The second kappa shape index (κ2) is 7.83. The van der Waals surface area contributed by atoms with E-state index in [0.717, 1.165) is 17.3 Å². The Morgan fingerprint density at radius 2 is 2.15 bits per heavy atom. The van der Waals surface area contributed by atoms with Gasteiger partial charge < -0.3 is 10.1 Å². The molecule has 3 unspecified atom stereocenters. The topological polar surface area (TPSA) is 21.3 Å². The molecule has 0 bridgehead atoms. The molecule has 0 aliphatic carbocycles. The van der Waals surface area contributed by atoms with Gasteiger partial charge in [-0.25, -0.2) is 0 Å². The summed E-state index contributed by atoms with van der Waals surface area (Å²) in [5.74, 6) is 3.38. The van der Waals surface area contributed by atoms with E-state index >= 15 is 0 Å². The van der Waals surface area contributed by atoms with Crippen molar-refractivity contribution in [2.24, 2.45) is 0 Å². The maximum atomic E-state index is 6.20. The Balaban J connectivity index is 2.34. The fourth-order valence-corrected chi connectivity index (χ4v) is 5.71. The van der Waals surface area contributed by atoms with Crippen LogP contribution in [0.3, 0.4) is 0 Å². The standard InChI is InChI=1S/C15H22ClNOS2/c1-4-17-14(15-10(2)19-7-8-20-15)12-9-11(16)5-6-13(12)18-3/h5-6,9-10,14-15,17H,4,7-8H2,1-3H3. The third kappa shape index (κ3) is 3.79. The van der Waals surface area contributed by atoms with Crippen LogP contribution in [0.2, 0.25) is 5.02 Å². The van der Waals surface area contributed by atoms with E-state index in [1.54, 1.807) is 7.11 Å². The average Bonchev–Trinajstić information content (AvgIpc) is 2.46. The van der Waals surface area contributed by atoms with Crippen molar-refractivity contribution >= 4 is 35.1 Å². The van der Waals surface area contributed by atoms with Gasteiger partial charge in [-0.3, -0.25) is 0 Å². The van der Waals surface area contributed by atoms with Crippen LogP contribution in [0.15, 0.2) is 18.2 Å². The highest BCUT2D eigenvalue weighted by atomic mass is 35.5. The molecule has 3 atom stereocenters. The molecule has 0 amide bonds. The van der Waals surface area contributed by atoms with Crippen molar-refractivity contribution in [1.82, 2.24) is 5.32 Å². The average molecular weight is 332 g/mol. The third-order valence-corrected chi connectivity index (χ3v) is 6.95. The fourth-order valence-electron chi connectivity index (χ4n) is 2.59. The molecular formula is C15H22ClNOS2. The van der Waals surface area contributed by atoms with E-state index in [0.29, 0.717) is 10.5 Å². The zero-order valence-electron chi connectivity index (χ0n) is 12.2. The monoisotopic (exact) mass is 331 g/mol. The summed E-state index contributed by atoms with van der Waals surface area (Å²) in [6.45, 7) is 5.41. The number of hydrogen-bond acceptors (Lipinski definition) is 4. The first kappa shape index (κ1) is 16.3. The van der Waals surface area contributed by atoms with Gasteiger partial charge in [0, 0.05) is 38.6 Å². The summed E-state index contributed by atoms with van der Waals surface area (Å²) >= 11 is 10.3. The van der Waals surface area contributed by atoms with Crippen molar-refractivity contribution in [2.45, 2.75) is 30.4 Å². The van der Waals surface area contributed by atoms with Crippen LogP contribution >= 0.6 is 35.1 Å². The lowest BCUT2D eigenvalue weighted by molar-refractivity contribution is 0.397. The predicted octanol–water partition coefficient (Wildman–Crippen LogP) is 4.24. The minimum Gasteiger partial charge on any atom is -0.496 e. The number of thioether (sulfide) groups is 2. The highest BCUT2D eigenvalue weighted by molar-refractivity contribution is 8.07. The molecule has 0 aromatic heterocycles. The summed E-state index contributed by atoms with van der Waals surface area (Å²) < 4.78 is 5.54. The maximum absolute atomic E-state index is 6.20. The lowest BCUT2D eigenvalue weighted by Crippen LogP contribution is -2.37. The molecule has 1 aromatic carbocycles. The number of nitrogens with one attached hydrogen (secondary N) is 1. The molecule has 1 N–H and O–H groups in total. The Hall–Kier alpha value is -0.0300. The Kier molecular flexibility index (Phi) is 6.40. The van der Waals surface area contributed by atoms with E-state index in [9.17, 15) is 0 Å². The molecule has 1 aromatic rings. The van der Waals surface area contributed by atoms with Crippen molar-refractivity contribution < 1.29 is 4.74 Å². The van der Waals surface area contributed by atoms with Crippen LogP contribution in [0.1, 0.15) is 25.5 Å². The number of hydrogen-bond donors (Lipinski definition) is 1. The van der Waals surface area contributed by atoms with E-state index < -0.39 is 0 Å².